The largest absolute Gasteiger partial charge is 0.493 e. The predicted octanol–water partition coefficient (Wildman–Crippen LogP) is 3.87. The highest BCUT2D eigenvalue weighted by molar-refractivity contribution is 5.86. The van der Waals surface area contributed by atoms with Gasteiger partial charge >= 0.3 is 0 Å². The van der Waals surface area contributed by atoms with Crippen LogP contribution in [-0.2, 0) is 15.9 Å². The lowest BCUT2D eigenvalue weighted by atomic mass is 9.91. The molecule has 2 saturated carbocycles. The van der Waals surface area contributed by atoms with Gasteiger partial charge in [-0.2, -0.15) is 0 Å². The maximum absolute atomic E-state index is 6.56. The Labute approximate surface area is 208 Å². The average molecular weight is 487 g/mol. The molecule has 1 saturated heterocycles. The number of ether oxygens (including phenoxy) is 3. The van der Waals surface area contributed by atoms with E-state index in [2.05, 4.69) is 43.9 Å². The molecule has 7 rings (SSSR count). The molecule has 2 aliphatic carbocycles. The number of aryl methyl sites for hydroxylation is 1. The SMILES string of the molecule is COc1cc2ccc(CC[C@@]34C[C@@H]3[C@@H](n3ccc5c(N)ncnc53)[C@@H]3OC(C)(C)O[C@@H]34)cc2nc1N. The van der Waals surface area contributed by atoms with Gasteiger partial charge < -0.3 is 30.2 Å². The molecule has 0 spiro atoms. The zero-order valence-corrected chi connectivity index (χ0v) is 20.6. The Morgan fingerprint density at radius 1 is 1.11 bits per heavy atom. The van der Waals surface area contributed by atoms with E-state index in [1.54, 1.807) is 7.11 Å². The molecule has 3 fully saturated rings. The second-order valence-electron chi connectivity index (χ2n) is 10.9. The molecule has 5 atom stereocenters. The van der Waals surface area contributed by atoms with Crippen molar-refractivity contribution in [3.05, 3.63) is 48.4 Å². The van der Waals surface area contributed by atoms with Crippen molar-refractivity contribution in [3.8, 4) is 5.75 Å². The van der Waals surface area contributed by atoms with E-state index in [-0.39, 0.29) is 23.7 Å². The first-order valence-electron chi connectivity index (χ1n) is 12.5. The molecular formula is C27H30N6O3. The van der Waals surface area contributed by atoms with Crippen LogP contribution < -0.4 is 16.2 Å². The lowest BCUT2D eigenvalue weighted by Crippen LogP contribution is -2.32. The van der Waals surface area contributed by atoms with E-state index in [0.717, 1.165) is 41.2 Å². The van der Waals surface area contributed by atoms with Gasteiger partial charge in [-0.05, 0) is 62.8 Å². The summed E-state index contributed by atoms with van der Waals surface area (Å²) in [5.41, 5.74) is 15.2. The molecule has 3 aromatic heterocycles. The van der Waals surface area contributed by atoms with Gasteiger partial charge in [0, 0.05) is 17.0 Å². The van der Waals surface area contributed by atoms with Crippen molar-refractivity contribution in [1.29, 1.82) is 0 Å². The summed E-state index contributed by atoms with van der Waals surface area (Å²) in [5.74, 6) is 1.35. The van der Waals surface area contributed by atoms with Crippen molar-refractivity contribution in [2.75, 3.05) is 18.6 Å². The zero-order chi connectivity index (χ0) is 24.8. The summed E-state index contributed by atoms with van der Waals surface area (Å²) >= 11 is 0. The molecule has 0 bridgehead atoms. The maximum atomic E-state index is 6.56. The van der Waals surface area contributed by atoms with Gasteiger partial charge in [-0.15, -0.1) is 0 Å². The predicted molar refractivity (Wildman–Crippen MR) is 136 cm³/mol. The molecule has 186 valence electrons. The van der Waals surface area contributed by atoms with Crippen LogP contribution in [0.5, 0.6) is 5.75 Å². The monoisotopic (exact) mass is 486 g/mol. The van der Waals surface area contributed by atoms with E-state index >= 15 is 0 Å². The fraction of sp³-hybridized carbons (Fsp3) is 0.444. The Hall–Kier alpha value is -3.43. The number of anilines is 2. The molecule has 4 N–H and O–H groups in total. The van der Waals surface area contributed by atoms with E-state index in [1.807, 2.05) is 26.0 Å². The lowest BCUT2D eigenvalue weighted by molar-refractivity contribution is -0.161. The van der Waals surface area contributed by atoms with Crippen molar-refractivity contribution in [3.63, 3.8) is 0 Å². The smallest absolute Gasteiger partial charge is 0.166 e. The lowest BCUT2D eigenvalue weighted by Gasteiger charge is -2.24. The number of hydrogen-bond acceptors (Lipinski definition) is 8. The number of fused-ring (bicyclic) bond motifs is 5. The van der Waals surface area contributed by atoms with Crippen LogP contribution >= 0.6 is 0 Å². The minimum absolute atomic E-state index is 0.0314. The normalized spacial score (nSPS) is 30.0. The number of nitrogens with two attached hydrogens (primary N) is 2. The van der Waals surface area contributed by atoms with Crippen LogP contribution in [0.15, 0.2) is 42.9 Å². The summed E-state index contributed by atoms with van der Waals surface area (Å²) in [7, 11) is 1.61. The number of pyridine rings is 1. The minimum Gasteiger partial charge on any atom is -0.493 e. The van der Waals surface area contributed by atoms with Gasteiger partial charge in [0.15, 0.2) is 17.4 Å². The number of benzene rings is 1. The molecule has 0 unspecified atom stereocenters. The third kappa shape index (κ3) is 3.05. The summed E-state index contributed by atoms with van der Waals surface area (Å²) in [5, 5.41) is 1.90. The highest BCUT2D eigenvalue weighted by atomic mass is 16.8. The average Bonchev–Trinajstić information content (AvgIpc) is 3.10. The molecule has 0 amide bonds. The second-order valence-corrected chi connectivity index (χ2v) is 10.9. The fourth-order valence-corrected chi connectivity index (χ4v) is 6.77. The Morgan fingerprint density at radius 2 is 1.97 bits per heavy atom. The van der Waals surface area contributed by atoms with Gasteiger partial charge in [0.2, 0.25) is 0 Å². The Kier molecular flexibility index (Phi) is 4.43. The van der Waals surface area contributed by atoms with E-state index in [1.165, 1.54) is 11.9 Å². The summed E-state index contributed by atoms with van der Waals surface area (Å²) in [6.07, 6.45) is 6.67. The molecule has 4 heterocycles. The van der Waals surface area contributed by atoms with Crippen molar-refractivity contribution >= 4 is 33.6 Å². The quantitative estimate of drug-likeness (QED) is 0.436. The van der Waals surface area contributed by atoms with Crippen LogP contribution in [-0.4, -0.2) is 44.6 Å². The number of nitrogens with zero attached hydrogens (tertiary/aromatic N) is 4. The van der Waals surface area contributed by atoms with Crippen LogP contribution in [0.25, 0.3) is 21.9 Å². The fourth-order valence-electron chi connectivity index (χ4n) is 6.77. The summed E-state index contributed by atoms with van der Waals surface area (Å²) in [6.45, 7) is 4.02. The molecule has 3 aliphatic rings. The third-order valence-corrected chi connectivity index (χ3v) is 8.46. The molecule has 9 heteroatoms. The molecule has 0 radical (unpaired) electrons. The topological polar surface area (TPSA) is 123 Å². The number of rotatable bonds is 5. The first-order valence-corrected chi connectivity index (χ1v) is 12.5. The highest BCUT2D eigenvalue weighted by Gasteiger charge is 2.75. The van der Waals surface area contributed by atoms with Gasteiger partial charge in [-0.1, -0.05) is 12.1 Å². The third-order valence-electron chi connectivity index (χ3n) is 8.46. The molecule has 36 heavy (non-hydrogen) atoms. The molecule has 4 aromatic rings. The van der Waals surface area contributed by atoms with Crippen LogP contribution in [0, 0.1) is 11.3 Å². The van der Waals surface area contributed by atoms with Crippen molar-refractivity contribution in [2.45, 2.75) is 57.1 Å². The van der Waals surface area contributed by atoms with Gasteiger partial charge in [0.1, 0.15) is 23.9 Å². The van der Waals surface area contributed by atoms with Gasteiger partial charge in [0.05, 0.1) is 30.2 Å². The first-order chi connectivity index (χ1) is 17.3. The zero-order valence-electron chi connectivity index (χ0n) is 20.6. The molecule has 1 aliphatic heterocycles. The maximum Gasteiger partial charge on any atom is 0.166 e. The Morgan fingerprint density at radius 3 is 2.81 bits per heavy atom. The van der Waals surface area contributed by atoms with E-state index in [9.17, 15) is 0 Å². The van der Waals surface area contributed by atoms with Crippen LogP contribution in [0.3, 0.4) is 0 Å². The Bertz CT molecular complexity index is 1520. The molecule has 9 nitrogen and oxygen atoms in total. The van der Waals surface area contributed by atoms with Crippen molar-refractivity contribution < 1.29 is 14.2 Å². The van der Waals surface area contributed by atoms with E-state index in [4.69, 9.17) is 25.7 Å². The summed E-state index contributed by atoms with van der Waals surface area (Å²) in [4.78, 5) is 13.3. The number of aromatic nitrogens is 4. The number of nitrogen functional groups attached to an aromatic ring is 2. The van der Waals surface area contributed by atoms with Gasteiger partial charge in [-0.3, -0.25) is 0 Å². The first kappa shape index (κ1) is 21.8. The van der Waals surface area contributed by atoms with Crippen molar-refractivity contribution in [2.24, 2.45) is 11.3 Å². The summed E-state index contributed by atoms with van der Waals surface area (Å²) in [6, 6.07) is 10.5. The van der Waals surface area contributed by atoms with Gasteiger partial charge in [0.25, 0.3) is 0 Å². The van der Waals surface area contributed by atoms with Gasteiger partial charge in [-0.25, -0.2) is 15.0 Å². The standard InChI is InChI=1S/C27H30N6O3/c1-26(2)35-21-20(33-9-7-16-23(28)30-13-31-25(16)33)17-12-27(17,22(21)36-26)8-6-14-4-5-15-11-19(34-3)24(29)32-18(15)10-14/h4-5,7,9-11,13,17,20-22H,6,8,12H2,1-3H3,(H2,29,32)(H2,28,30,31)/t17-,20-,21+,22+,27-/m1/s1. The number of hydrogen-bond donors (Lipinski definition) is 2. The highest BCUT2D eigenvalue weighted by Crippen LogP contribution is 2.73. The van der Waals surface area contributed by atoms with E-state index in [0.29, 0.717) is 23.3 Å². The van der Waals surface area contributed by atoms with Crippen molar-refractivity contribution in [1.82, 2.24) is 19.5 Å². The van der Waals surface area contributed by atoms with Crippen LogP contribution in [0.4, 0.5) is 11.6 Å². The number of methoxy groups -OCH3 is 1. The second kappa shape index (κ2) is 7.30. The summed E-state index contributed by atoms with van der Waals surface area (Å²) < 4.78 is 20.6. The van der Waals surface area contributed by atoms with E-state index < -0.39 is 5.79 Å². The van der Waals surface area contributed by atoms with Crippen LogP contribution in [0.2, 0.25) is 0 Å². The molecule has 1 aromatic carbocycles. The Balaban J connectivity index is 1.20. The minimum atomic E-state index is -0.617. The molecular weight excluding hydrogens is 456 g/mol. The van der Waals surface area contributed by atoms with Crippen LogP contribution in [0.1, 0.15) is 38.3 Å².